The van der Waals surface area contributed by atoms with Gasteiger partial charge in [0.25, 0.3) is 0 Å². The molecule has 3 fully saturated rings. The van der Waals surface area contributed by atoms with Gasteiger partial charge in [-0.25, -0.2) is 5.48 Å². The molecule has 0 aromatic carbocycles. The molecule has 126 valence electrons. The van der Waals surface area contributed by atoms with E-state index in [2.05, 4.69) is 5.48 Å². The predicted octanol–water partition coefficient (Wildman–Crippen LogP) is 0.451. The van der Waals surface area contributed by atoms with Crippen LogP contribution in [0.3, 0.4) is 0 Å². The van der Waals surface area contributed by atoms with Crippen molar-refractivity contribution < 1.29 is 33.3 Å². The average Bonchev–Trinajstić information content (AvgIpc) is 2.96. The molecule has 1 N–H and O–H groups in total. The van der Waals surface area contributed by atoms with Gasteiger partial charge in [0.1, 0.15) is 24.4 Å². The van der Waals surface area contributed by atoms with Gasteiger partial charge < -0.3 is 23.7 Å². The predicted molar refractivity (Wildman–Crippen MR) is 72.3 cm³/mol. The zero-order valence-corrected chi connectivity index (χ0v) is 13.5. The van der Waals surface area contributed by atoms with Gasteiger partial charge in [-0.15, -0.1) is 0 Å². The number of hydrogen-bond acceptors (Lipinski definition) is 7. The first kappa shape index (κ1) is 16.1. The van der Waals surface area contributed by atoms with Crippen LogP contribution < -0.4 is 5.48 Å². The van der Waals surface area contributed by atoms with E-state index >= 15 is 0 Å². The van der Waals surface area contributed by atoms with Crippen molar-refractivity contribution in [3.05, 3.63) is 0 Å². The Hall–Kier alpha value is -0.770. The smallest absolute Gasteiger partial charge is 0.240 e. The molecule has 0 aromatic rings. The molecule has 0 saturated carbocycles. The quantitative estimate of drug-likeness (QED) is 0.757. The van der Waals surface area contributed by atoms with Gasteiger partial charge in [0.15, 0.2) is 17.9 Å². The van der Waals surface area contributed by atoms with Crippen LogP contribution in [-0.2, 0) is 33.3 Å². The first-order valence-corrected chi connectivity index (χ1v) is 7.42. The van der Waals surface area contributed by atoms with Crippen molar-refractivity contribution in [3.63, 3.8) is 0 Å². The first-order valence-electron chi connectivity index (χ1n) is 7.42. The second-order valence-electron chi connectivity index (χ2n) is 6.68. The molecule has 1 unspecified atom stereocenters. The van der Waals surface area contributed by atoms with Crippen molar-refractivity contribution in [2.45, 2.75) is 76.9 Å². The van der Waals surface area contributed by atoms with E-state index in [1.54, 1.807) is 13.8 Å². The summed E-state index contributed by atoms with van der Waals surface area (Å²) in [6.45, 7) is 9.02. The van der Waals surface area contributed by atoms with Gasteiger partial charge in [0.05, 0.1) is 6.61 Å². The molecule has 0 aromatic heterocycles. The largest absolute Gasteiger partial charge is 0.348 e. The molecule has 0 bridgehead atoms. The average molecular weight is 317 g/mol. The van der Waals surface area contributed by atoms with Crippen LogP contribution in [0.25, 0.3) is 0 Å². The third kappa shape index (κ3) is 3.12. The van der Waals surface area contributed by atoms with E-state index in [4.69, 9.17) is 28.5 Å². The summed E-state index contributed by atoms with van der Waals surface area (Å²) in [4.78, 5) is 16.6. The van der Waals surface area contributed by atoms with Crippen LogP contribution >= 0.6 is 0 Å². The fourth-order valence-corrected chi connectivity index (χ4v) is 2.97. The molecule has 3 heterocycles. The molecule has 22 heavy (non-hydrogen) atoms. The lowest BCUT2D eigenvalue weighted by molar-refractivity contribution is -0.240. The molecular weight excluding hydrogens is 294 g/mol. The van der Waals surface area contributed by atoms with E-state index in [0.29, 0.717) is 6.61 Å². The van der Waals surface area contributed by atoms with Gasteiger partial charge in [-0.2, -0.15) is 0 Å². The summed E-state index contributed by atoms with van der Waals surface area (Å²) in [7, 11) is 0. The molecule has 3 aliphatic rings. The lowest BCUT2D eigenvalue weighted by atomic mass is 10.1. The normalized spacial score (nSPS) is 42.3. The number of ether oxygens (including phenoxy) is 5. The highest BCUT2D eigenvalue weighted by Gasteiger charge is 2.59. The first-order chi connectivity index (χ1) is 10.2. The second-order valence-corrected chi connectivity index (χ2v) is 6.68. The van der Waals surface area contributed by atoms with E-state index in [9.17, 15) is 4.79 Å². The third-order valence-corrected chi connectivity index (χ3v) is 3.76. The van der Waals surface area contributed by atoms with E-state index in [1.807, 2.05) is 13.8 Å². The van der Waals surface area contributed by atoms with Crippen molar-refractivity contribution in [1.29, 1.82) is 0 Å². The Morgan fingerprint density at radius 1 is 1.09 bits per heavy atom. The lowest BCUT2D eigenvalue weighted by Crippen LogP contribution is -2.47. The molecule has 1 amide bonds. The number of fused-ring (bicyclic) bond motifs is 1. The number of nitrogens with one attached hydrogen (secondary N) is 1. The summed E-state index contributed by atoms with van der Waals surface area (Å²) in [6, 6.07) is 0. The molecule has 0 spiro atoms. The van der Waals surface area contributed by atoms with E-state index < -0.39 is 36.2 Å². The Kier molecular flexibility index (Phi) is 3.95. The fraction of sp³-hybridized carbons (Fsp3) is 0.929. The summed E-state index contributed by atoms with van der Waals surface area (Å²) in [5.41, 5.74) is 2.35. The number of hydroxylamine groups is 1. The molecule has 3 rings (SSSR count). The highest BCUT2D eigenvalue weighted by Crippen LogP contribution is 2.41. The van der Waals surface area contributed by atoms with Crippen molar-refractivity contribution >= 4 is 5.91 Å². The zero-order chi connectivity index (χ0) is 16.1. The minimum atomic E-state index is -0.759. The monoisotopic (exact) mass is 317 g/mol. The van der Waals surface area contributed by atoms with Crippen LogP contribution in [0, 0.1) is 0 Å². The van der Waals surface area contributed by atoms with Gasteiger partial charge >= 0.3 is 0 Å². The van der Waals surface area contributed by atoms with Crippen LogP contribution in [0.4, 0.5) is 0 Å². The SMILES string of the molecule is CC(=O)NO[C@H]1[C@@H]([C@H]2COC(C)(C)O2)OC2OC(C)(C)O[C@@H]21. The Morgan fingerprint density at radius 3 is 2.41 bits per heavy atom. The van der Waals surface area contributed by atoms with Crippen molar-refractivity contribution in [3.8, 4) is 0 Å². The van der Waals surface area contributed by atoms with Crippen LogP contribution in [0.2, 0.25) is 0 Å². The number of carbonyl (C=O) groups is 1. The van der Waals surface area contributed by atoms with E-state index in [-0.39, 0.29) is 12.0 Å². The zero-order valence-electron chi connectivity index (χ0n) is 13.5. The minimum absolute atomic E-state index is 0.302. The highest BCUT2D eigenvalue weighted by atomic mass is 16.9. The number of rotatable bonds is 3. The summed E-state index contributed by atoms with van der Waals surface area (Å²) < 4.78 is 28.9. The summed E-state index contributed by atoms with van der Waals surface area (Å²) in [6.07, 6.45) is -2.34. The Bertz CT molecular complexity index is 452. The van der Waals surface area contributed by atoms with Gasteiger partial charge in [-0.3, -0.25) is 9.63 Å². The summed E-state index contributed by atoms with van der Waals surface area (Å²) >= 11 is 0. The molecule has 8 nitrogen and oxygen atoms in total. The number of hydrogen-bond donors (Lipinski definition) is 1. The maximum atomic E-state index is 11.1. The molecule has 3 aliphatic heterocycles. The second kappa shape index (κ2) is 5.40. The molecule has 8 heteroatoms. The molecule has 3 saturated heterocycles. The van der Waals surface area contributed by atoms with Gasteiger partial charge in [-0.1, -0.05) is 0 Å². The van der Waals surface area contributed by atoms with Gasteiger partial charge in [0.2, 0.25) is 5.91 Å². The van der Waals surface area contributed by atoms with E-state index in [1.165, 1.54) is 6.92 Å². The number of carbonyl (C=O) groups excluding carboxylic acids is 1. The molecule has 0 aliphatic carbocycles. The topological polar surface area (TPSA) is 84.5 Å². The lowest BCUT2D eigenvalue weighted by Gasteiger charge is -2.28. The van der Waals surface area contributed by atoms with Crippen LogP contribution in [0.1, 0.15) is 34.6 Å². The maximum Gasteiger partial charge on any atom is 0.240 e. The standard InChI is InChI=1S/C14H23NO7/c1-7(16)15-22-10-9(8-6-17-13(2,3)19-8)18-12-11(10)20-14(4,5)21-12/h8-12H,6H2,1-5H3,(H,15,16)/t8-,9-,10+,11-,12?/m1/s1. The number of amides is 1. The van der Waals surface area contributed by atoms with Crippen molar-refractivity contribution in [2.24, 2.45) is 0 Å². The molecular formula is C14H23NO7. The van der Waals surface area contributed by atoms with Gasteiger partial charge in [0, 0.05) is 6.92 Å². The maximum absolute atomic E-state index is 11.1. The molecule has 5 atom stereocenters. The Balaban J connectivity index is 1.73. The summed E-state index contributed by atoms with van der Waals surface area (Å²) in [5.74, 6) is -1.74. The van der Waals surface area contributed by atoms with Crippen LogP contribution in [0.15, 0.2) is 0 Å². The van der Waals surface area contributed by atoms with Crippen LogP contribution in [-0.4, -0.2) is 54.8 Å². The Labute approximate surface area is 129 Å². The highest BCUT2D eigenvalue weighted by molar-refractivity contribution is 5.71. The van der Waals surface area contributed by atoms with E-state index in [0.717, 1.165) is 0 Å². The van der Waals surface area contributed by atoms with Crippen molar-refractivity contribution in [2.75, 3.05) is 6.61 Å². The minimum Gasteiger partial charge on any atom is -0.348 e. The fourth-order valence-electron chi connectivity index (χ4n) is 2.97. The summed E-state index contributed by atoms with van der Waals surface area (Å²) in [5, 5.41) is 0. The van der Waals surface area contributed by atoms with Crippen LogP contribution in [0.5, 0.6) is 0 Å². The third-order valence-electron chi connectivity index (χ3n) is 3.76. The van der Waals surface area contributed by atoms with Gasteiger partial charge in [-0.05, 0) is 27.7 Å². The molecule has 0 radical (unpaired) electrons. The van der Waals surface area contributed by atoms with Crippen molar-refractivity contribution in [1.82, 2.24) is 5.48 Å². The Morgan fingerprint density at radius 2 is 1.82 bits per heavy atom.